The lowest BCUT2D eigenvalue weighted by molar-refractivity contribution is 0.103. The Labute approximate surface area is 127 Å². The highest BCUT2D eigenvalue weighted by atomic mass is 16.6. The van der Waals surface area contributed by atoms with Crippen LogP contribution in [0.5, 0.6) is 0 Å². The zero-order chi connectivity index (χ0) is 15.5. The molecule has 0 radical (unpaired) electrons. The Morgan fingerprint density at radius 3 is 2.52 bits per heavy atom. The van der Waals surface area contributed by atoms with E-state index in [4.69, 9.17) is 4.74 Å². The SMILES string of the molecule is CNCCN(C)CCCN(C)C(=O)OCc1ccccc1. The largest absolute Gasteiger partial charge is 0.445 e. The maximum Gasteiger partial charge on any atom is 0.409 e. The number of rotatable bonds is 9. The van der Waals surface area contributed by atoms with Crippen molar-refractivity contribution in [2.24, 2.45) is 0 Å². The first kappa shape index (κ1) is 17.5. The highest BCUT2D eigenvalue weighted by molar-refractivity contribution is 5.67. The third-order valence-corrected chi connectivity index (χ3v) is 3.29. The molecule has 0 saturated carbocycles. The predicted molar refractivity (Wildman–Crippen MR) is 85.3 cm³/mol. The minimum Gasteiger partial charge on any atom is -0.445 e. The second-order valence-corrected chi connectivity index (χ2v) is 5.22. The van der Waals surface area contributed by atoms with Gasteiger partial charge in [0.1, 0.15) is 6.61 Å². The minimum absolute atomic E-state index is 0.267. The van der Waals surface area contributed by atoms with Crippen molar-refractivity contribution < 1.29 is 9.53 Å². The first-order chi connectivity index (χ1) is 10.1. The van der Waals surface area contributed by atoms with Crippen molar-refractivity contribution in [1.29, 1.82) is 0 Å². The Hall–Kier alpha value is -1.59. The van der Waals surface area contributed by atoms with E-state index in [0.29, 0.717) is 13.2 Å². The third-order valence-electron chi connectivity index (χ3n) is 3.29. The Bertz CT molecular complexity index is 398. The van der Waals surface area contributed by atoms with Gasteiger partial charge >= 0.3 is 6.09 Å². The molecule has 0 bridgehead atoms. The van der Waals surface area contributed by atoms with Crippen LogP contribution in [-0.2, 0) is 11.3 Å². The van der Waals surface area contributed by atoms with Crippen LogP contribution in [0.25, 0.3) is 0 Å². The van der Waals surface area contributed by atoms with Crippen LogP contribution in [0.15, 0.2) is 30.3 Å². The molecule has 0 heterocycles. The van der Waals surface area contributed by atoms with Crippen LogP contribution < -0.4 is 5.32 Å². The van der Waals surface area contributed by atoms with Crippen LogP contribution >= 0.6 is 0 Å². The second-order valence-electron chi connectivity index (χ2n) is 5.22. The molecule has 0 saturated heterocycles. The summed E-state index contributed by atoms with van der Waals surface area (Å²) < 4.78 is 5.28. The zero-order valence-electron chi connectivity index (χ0n) is 13.3. The molecule has 1 amide bonds. The normalized spacial score (nSPS) is 10.7. The summed E-state index contributed by atoms with van der Waals surface area (Å²) in [5.74, 6) is 0. The molecule has 21 heavy (non-hydrogen) atoms. The molecule has 0 spiro atoms. The average molecular weight is 293 g/mol. The van der Waals surface area contributed by atoms with Gasteiger partial charge in [-0.25, -0.2) is 4.79 Å². The van der Waals surface area contributed by atoms with E-state index in [0.717, 1.165) is 31.6 Å². The van der Waals surface area contributed by atoms with E-state index in [1.165, 1.54) is 0 Å². The molecule has 1 rings (SSSR count). The molecule has 0 aliphatic heterocycles. The molecule has 0 aliphatic carbocycles. The number of carbonyl (C=O) groups excluding carboxylic acids is 1. The minimum atomic E-state index is -0.267. The molecule has 0 fully saturated rings. The fourth-order valence-corrected chi connectivity index (χ4v) is 1.91. The summed E-state index contributed by atoms with van der Waals surface area (Å²) in [6, 6.07) is 9.72. The lowest BCUT2D eigenvalue weighted by Gasteiger charge is -2.20. The van der Waals surface area contributed by atoms with Crippen molar-refractivity contribution >= 4 is 6.09 Å². The van der Waals surface area contributed by atoms with Crippen molar-refractivity contribution in [2.45, 2.75) is 13.0 Å². The highest BCUT2D eigenvalue weighted by Crippen LogP contribution is 2.03. The van der Waals surface area contributed by atoms with Crippen LogP contribution in [0.2, 0.25) is 0 Å². The van der Waals surface area contributed by atoms with E-state index in [1.807, 2.05) is 37.4 Å². The van der Waals surface area contributed by atoms with E-state index >= 15 is 0 Å². The van der Waals surface area contributed by atoms with Crippen LogP contribution in [0.1, 0.15) is 12.0 Å². The Balaban J connectivity index is 2.16. The number of hydrogen-bond donors (Lipinski definition) is 1. The zero-order valence-corrected chi connectivity index (χ0v) is 13.3. The second kappa shape index (κ2) is 10.2. The van der Waals surface area contributed by atoms with Crippen LogP contribution in [0.3, 0.4) is 0 Å². The molecule has 1 N–H and O–H groups in total. The molecule has 0 unspecified atom stereocenters. The molecular formula is C16H27N3O2. The summed E-state index contributed by atoms with van der Waals surface area (Å²) in [7, 11) is 5.82. The van der Waals surface area contributed by atoms with Gasteiger partial charge in [0, 0.05) is 26.7 Å². The van der Waals surface area contributed by atoms with E-state index in [9.17, 15) is 4.79 Å². The molecule has 1 aromatic rings. The van der Waals surface area contributed by atoms with Gasteiger partial charge in [0.2, 0.25) is 0 Å². The van der Waals surface area contributed by atoms with Crippen molar-refractivity contribution in [2.75, 3.05) is 47.3 Å². The summed E-state index contributed by atoms with van der Waals surface area (Å²) in [5, 5.41) is 3.12. The third kappa shape index (κ3) is 7.68. The van der Waals surface area contributed by atoms with Crippen LogP contribution in [0, 0.1) is 0 Å². The quantitative estimate of drug-likeness (QED) is 0.754. The number of carbonyl (C=O) groups is 1. The molecule has 1 aromatic carbocycles. The maximum absolute atomic E-state index is 11.8. The average Bonchev–Trinajstić information content (AvgIpc) is 2.51. The first-order valence-electron chi connectivity index (χ1n) is 7.38. The number of likely N-dealkylation sites (N-methyl/N-ethyl adjacent to an activating group) is 2. The van der Waals surface area contributed by atoms with Gasteiger partial charge in [-0.3, -0.25) is 0 Å². The number of benzene rings is 1. The molecule has 118 valence electrons. The molecule has 0 aromatic heterocycles. The first-order valence-corrected chi connectivity index (χ1v) is 7.38. The molecular weight excluding hydrogens is 266 g/mol. The van der Waals surface area contributed by atoms with Gasteiger partial charge in [-0.15, -0.1) is 0 Å². The number of nitrogens with zero attached hydrogens (tertiary/aromatic N) is 2. The number of hydrogen-bond acceptors (Lipinski definition) is 4. The van der Waals surface area contributed by atoms with Crippen LogP contribution in [0.4, 0.5) is 4.79 Å². The predicted octanol–water partition coefficient (Wildman–Crippen LogP) is 1.80. The molecule has 5 nitrogen and oxygen atoms in total. The highest BCUT2D eigenvalue weighted by Gasteiger charge is 2.10. The molecule has 5 heteroatoms. The summed E-state index contributed by atoms with van der Waals surface area (Å²) in [5.41, 5.74) is 1.01. The standard InChI is InChI=1S/C16H27N3O2/c1-17-10-13-18(2)11-7-12-19(3)16(20)21-14-15-8-5-4-6-9-15/h4-6,8-9,17H,7,10-14H2,1-3H3. The summed E-state index contributed by atoms with van der Waals surface area (Å²) in [4.78, 5) is 15.7. The van der Waals surface area contributed by atoms with E-state index in [-0.39, 0.29) is 6.09 Å². The number of amides is 1. The van der Waals surface area contributed by atoms with E-state index in [2.05, 4.69) is 17.3 Å². The fraction of sp³-hybridized carbons (Fsp3) is 0.562. The van der Waals surface area contributed by atoms with Crippen molar-refractivity contribution in [3.8, 4) is 0 Å². The Morgan fingerprint density at radius 1 is 1.14 bits per heavy atom. The van der Waals surface area contributed by atoms with Gasteiger partial charge in [-0.05, 0) is 32.6 Å². The lowest BCUT2D eigenvalue weighted by atomic mass is 10.2. The number of nitrogens with one attached hydrogen (secondary N) is 1. The lowest BCUT2D eigenvalue weighted by Crippen LogP contribution is -2.32. The molecule has 0 atom stereocenters. The number of ether oxygens (including phenoxy) is 1. The van der Waals surface area contributed by atoms with E-state index in [1.54, 1.807) is 11.9 Å². The summed E-state index contributed by atoms with van der Waals surface area (Å²) in [6.07, 6.45) is 0.675. The van der Waals surface area contributed by atoms with Crippen LogP contribution in [-0.4, -0.2) is 63.2 Å². The smallest absolute Gasteiger partial charge is 0.409 e. The van der Waals surface area contributed by atoms with Gasteiger partial charge in [0.05, 0.1) is 0 Å². The summed E-state index contributed by atoms with van der Waals surface area (Å²) >= 11 is 0. The van der Waals surface area contributed by atoms with Gasteiger partial charge in [0.25, 0.3) is 0 Å². The Morgan fingerprint density at radius 2 is 1.86 bits per heavy atom. The fourth-order valence-electron chi connectivity index (χ4n) is 1.91. The summed E-state index contributed by atoms with van der Waals surface area (Å²) in [6.45, 7) is 3.99. The van der Waals surface area contributed by atoms with E-state index < -0.39 is 0 Å². The van der Waals surface area contributed by atoms with Gasteiger partial charge in [0.15, 0.2) is 0 Å². The van der Waals surface area contributed by atoms with Crippen molar-refractivity contribution in [3.05, 3.63) is 35.9 Å². The Kier molecular flexibility index (Phi) is 8.47. The van der Waals surface area contributed by atoms with Crippen molar-refractivity contribution in [3.63, 3.8) is 0 Å². The van der Waals surface area contributed by atoms with Gasteiger partial charge < -0.3 is 19.9 Å². The van der Waals surface area contributed by atoms with Gasteiger partial charge in [-0.2, -0.15) is 0 Å². The van der Waals surface area contributed by atoms with Crippen molar-refractivity contribution in [1.82, 2.24) is 15.1 Å². The monoisotopic (exact) mass is 293 g/mol. The topological polar surface area (TPSA) is 44.8 Å². The maximum atomic E-state index is 11.8. The molecule has 0 aliphatic rings. The van der Waals surface area contributed by atoms with Gasteiger partial charge in [-0.1, -0.05) is 30.3 Å².